The standard InChI is InChI=1S/C22H19NO5S/c1-29(27)17-9-5-3-7-15(17)12-14-6-2-4-8-16(14)20(24)18-19(22(25)26)23-28-21(18)13-10-11-13/h2-9,13H,10-12H2,1H3,(H,25,26). The lowest BCUT2D eigenvalue weighted by Crippen LogP contribution is -2.13. The van der Waals surface area contributed by atoms with E-state index >= 15 is 0 Å². The molecule has 1 aliphatic rings. The molecule has 0 spiro atoms. The number of carbonyl (C=O) groups is 2. The summed E-state index contributed by atoms with van der Waals surface area (Å²) in [5.41, 5.74) is 1.69. The van der Waals surface area contributed by atoms with E-state index in [4.69, 9.17) is 4.52 Å². The Morgan fingerprint density at radius 1 is 1.14 bits per heavy atom. The van der Waals surface area contributed by atoms with E-state index in [9.17, 15) is 19.2 Å². The van der Waals surface area contributed by atoms with Crippen LogP contribution in [0.1, 0.15) is 62.1 Å². The van der Waals surface area contributed by atoms with Gasteiger partial charge in [0.05, 0.1) is 0 Å². The van der Waals surface area contributed by atoms with Gasteiger partial charge in [-0.1, -0.05) is 47.6 Å². The minimum Gasteiger partial charge on any atom is -0.612 e. The van der Waals surface area contributed by atoms with Crippen molar-refractivity contribution in [2.45, 2.75) is 30.1 Å². The molecule has 0 saturated heterocycles. The third-order valence-corrected chi connectivity index (χ3v) is 6.04. The number of carboxylic acids is 1. The number of nitrogens with zero attached hydrogens (tertiary/aromatic N) is 1. The molecule has 0 amide bonds. The van der Waals surface area contributed by atoms with Crippen molar-refractivity contribution < 1.29 is 23.8 Å². The zero-order valence-electron chi connectivity index (χ0n) is 15.8. The van der Waals surface area contributed by atoms with Crippen molar-refractivity contribution in [3.63, 3.8) is 0 Å². The molecule has 0 aliphatic heterocycles. The van der Waals surface area contributed by atoms with E-state index in [1.807, 2.05) is 36.4 Å². The van der Waals surface area contributed by atoms with Gasteiger partial charge in [0.2, 0.25) is 5.69 Å². The van der Waals surface area contributed by atoms with Gasteiger partial charge >= 0.3 is 5.97 Å². The van der Waals surface area contributed by atoms with Gasteiger partial charge in [-0.25, -0.2) is 4.79 Å². The van der Waals surface area contributed by atoms with Crippen molar-refractivity contribution in [3.8, 4) is 0 Å². The monoisotopic (exact) mass is 409 g/mol. The molecular weight excluding hydrogens is 390 g/mol. The van der Waals surface area contributed by atoms with E-state index in [0.29, 0.717) is 22.6 Å². The van der Waals surface area contributed by atoms with E-state index in [1.165, 1.54) is 0 Å². The molecule has 1 saturated carbocycles. The molecule has 1 unspecified atom stereocenters. The maximum atomic E-state index is 13.4. The number of benzene rings is 2. The highest BCUT2D eigenvalue weighted by Crippen LogP contribution is 2.43. The average molecular weight is 409 g/mol. The Morgan fingerprint density at radius 2 is 1.79 bits per heavy atom. The molecule has 6 nitrogen and oxygen atoms in total. The summed E-state index contributed by atoms with van der Waals surface area (Å²) in [6.45, 7) is 0. The number of ketones is 1. The summed E-state index contributed by atoms with van der Waals surface area (Å²) >= 11 is -1.16. The van der Waals surface area contributed by atoms with Crippen LogP contribution in [0, 0.1) is 0 Å². The molecule has 7 heteroatoms. The van der Waals surface area contributed by atoms with E-state index < -0.39 is 22.9 Å². The van der Waals surface area contributed by atoms with Crippen molar-refractivity contribution in [3.05, 3.63) is 82.2 Å². The third kappa shape index (κ3) is 3.83. The molecule has 2 aromatic carbocycles. The van der Waals surface area contributed by atoms with Gasteiger partial charge in [-0.2, -0.15) is 0 Å². The number of aromatic nitrogens is 1. The van der Waals surface area contributed by atoms with Crippen LogP contribution in [0.25, 0.3) is 0 Å². The second kappa shape index (κ2) is 7.85. The maximum Gasteiger partial charge on any atom is 0.358 e. The summed E-state index contributed by atoms with van der Waals surface area (Å²) in [5.74, 6) is -1.29. The van der Waals surface area contributed by atoms with Gasteiger partial charge in [-0.05, 0) is 35.6 Å². The summed E-state index contributed by atoms with van der Waals surface area (Å²) in [4.78, 5) is 25.7. The molecule has 1 atom stereocenters. The number of hydrogen-bond acceptors (Lipinski definition) is 5. The Balaban J connectivity index is 1.76. The fraction of sp³-hybridized carbons (Fsp3) is 0.227. The number of hydrogen-bond donors (Lipinski definition) is 1. The Bertz CT molecular complexity index is 1080. The predicted octanol–water partition coefficient (Wildman–Crippen LogP) is 3.81. The first-order valence-corrected chi connectivity index (χ1v) is 10.8. The summed E-state index contributed by atoms with van der Waals surface area (Å²) in [7, 11) is 0. The van der Waals surface area contributed by atoms with Crippen LogP contribution in [-0.4, -0.2) is 32.8 Å². The molecule has 1 aromatic heterocycles. The molecule has 0 radical (unpaired) electrons. The largest absolute Gasteiger partial charge is 0.612 e. The van der Waals surface area contributed by atoms with E-state index in [-0.39, 0.29) is 17.2 Å². The number of carboxylic acid groups (broad SMARTS) is 1. The molecule has 1 aliphatic carbocycles. The van der Waals surface area contributed by atoms with Crippen molar-refractivity contribution in [1.82, 2.24) is 5.16 Å². The second-order valence-corrected chi connectivity index (χ2v) is 8.42. The van der Waals surface area contributed by atoms with Crippen molar-refractivity contribution in [1.29, 1.82) is 0 Å². The second-order valence-electron chi connectivity index (χ2n) is 7.07. The average Bonchev–Trinajstić information content (AvgIpc) is 3.45. The molecular formula is C22H19NO5S. The number of aromatic carboxylic acids is 1. The van der Waals surface area contributed by atoms with Crippen molar-refractivity contribution in [2.75, 3.05) is 6.26 Å². The lowest BCUT2D eigenvalue weighted by atomic mass is 9.92. The molecule has 29 heavy (non-hydrogen) atoms. The van der Waals surface area contributed by atoms with Crippen molar-refractivity contribution in [2.24, 2.45) is 0 Å². The number of rotatable bonds is 7. The highest BCUT2D eigenvalue weighted by molar-refractivity contribution is 7.90. The normalized spacial score (nSPS) is 14.6. The van der Waals surface area contributed by atoms with Gasteiger partial charge in [0.25, 0.3) is 0 Å². The van der Waals surface area contributed by atoms with E-state index in [2.05, 4.69) is 5.16 Å². The van der Waals surface area contributed by atoms with Gasteiger partial charge in [0, 0.05) is 23.5 Å². The summed E-state index contributed by atoms with van der Waals surface area (Å²) < 4.78 is 17.3. The number of carbonyl (C=O) groups excluding carboxylic acids is 1. The smallest absolute Gasteiger partial charge is 0.358 e. The third-order valence-electron chi connectivity index (χ3n) is 5.02. The van der Waals surface area contributed by atoms with Crippen LogP contribution in [0.5, 0.6) is 0 Å². The molecule has 4 rings (SSSR count). The van der Waals surface area contributed by atoms with Crippen LogP contribution >= 0.6 is 0 Å². The fourth-order valence-corrected chi connectivity index (χ4v) is 4.24. The summed E-state index contributed by atoms with van der Waals surface area (Å²) in [6, 6.07) is 14.5. The van der Waals surface area contributed by atoms with Crippen LogP contribution < -0.4 is 0 Å². The van der Waals surface area contributed by atoms with Gasteiger partial charge in [-0.3, -0.25) is 4.79 Å². The summed E-state index contributed by atoms with van der Waals surface area (Å²) in [5, 5.41) is 13.1. The fourth-order valence-electron chi connectivity index (χ4n) is 3.46. The molecule has 0 bridgehead atoms. The first-order valence-electron chi connectivity index (χ1n) is 9.24. The first-order chi connectivity index (χ1) is 14.0. The minimum atomic E-state index is -1.28. The predicted molar refractivity (Wildman–Crippen MR) is 107 cm³/mol. The SMILES string of the molecule is C[S+]([O-])c1ccccc1Cc1ccccc1C(=O)c1c(C(=O)O)noc1C1CC1. The quantitative estimate of drug-likeness (QED) is 0.470. The zero-order valence-corrected chi connectivity index (χ0v) is 16.6. The van der Waals surface area contributed by atoms with Gasteiger partial charge in [0.1, 0.15) is 11.8 Å². The highest BCUT2D eigenvalue weighted by atomic mass is 32.2. The van der Waals surface area contributed by atoms with Crippen LogP contribution in [0.4, 0.5) is 0 Å². The lowest BCUT2D eigenvalue weighted by Gasteiger charge is -2.13. The Morgan fingerprint density at radius 3 is 2.45 bits per heavy atom. The molecule has 148 valence electrons. The topological polar surface area (TPSA) is 103 Å². The Labute approximate surface area is 170 Å². The van der Waals surface area contributed by atoms with Gasteiger partial charge in [0.15, 0.2) is 16.4 Å². The Hall–Kier alpha value is -2.90. The molecule has 1 N–H and O–H groups in total. The van der Waals surface area contributed by atoms with Crippen LogP contribution in [0.3, 0.4) is 0 Å². The van der Waals surface area contributed by atoms with E-state index in [0.717, 1.165) is 24.0 Å². The lowest BCUT2D eigenvalue weighted by molar-refractivity contribution is 0.0682. The molecule has 1 heterocycles. The van der Waals surface area contributed by atoms with Crippen LogP contribution in [0.15, 0.2) is 57.9 Å². The first kappa shape index (κ1) is 19.4. The van der Waals surface area contributed by atoms with Crippen LogP contribution in [-0.2, 0) is 17.6 Å². The minimum absolute atomic E-state index is 0.0415. The molecule has 3 aromatic rings. The summed E-state index contributed by atoms with van der Waals surface area (Å²) in [6.07, 6.45) is 3.73. The van der Waals surface area contributed by atoms with Gasteiger partial charge < -0.3 is 14.2 Å². The van der Waals surface area contributed by atoms with Gasteiger partial charge in [-0.15, -0.1) is 0 Å². The zero-order chi connectivity index (χ0) is 20.5. The maximum absolute atomic E-state index is 13.4. The van der Waals surface area contributed by atoms with Crippen LogP contribution in [0.2, 0.25) is 0 Å². The van der Waals surface area contributed by atoms with E-state index in [1.54, 1.807) is 18.4 Å². The highest BCUT2D eigenvalue weighted by Gasteiger charge is 2.37. The molecule has 1 fully saturated rings. The Kier molecular flexibility index (Phi) is 5.25. The van der Waals surface area contributed by atoms with Crippen molar-refractivity contribution >= 4 is 22.9 Å².